The number of hydrogen-bond acceptors (Lipinski definition) is 3. The second kappa shape index (κ2) is 4.81. The highest BCUT2D eigenvalue weighted by atomic mass is 32.2. The first-order valence-electron chi connectivity index (χ1n) is 4.22. The molecule has 1 amide bonds. The Labute approximate surface area is 86.7 Å². The Bertz CT molecular complexity index is 346. The molecule has 0 heterocycles. The van der Waals surface area contributed by atoms with Crippen LogP contribution in [-0.4, -0.2) is 17.4 Å². The molecule has 0 unspecified atom stereocenters. The van der Waals surface area contributed by atoms with E-state index in [9.17, 15) is 9.59 Å². The standard InChI is InChI=1S/C10H11NO2S/c1-2-14-8-5-3-7(4-6-8)9(12)10(11)13/h3-6H,2H2,1H3,(H2,11,13). The Morgan fingerprint density at radius 3 is 2.29 bits per heavy atom. The van der Waals surface area contributed by atoms with Crippen molar-refractivity contribution < 1.29 is 9.59 Å². The monoisotopic (exact) mass is 209 g/mol. The summed E-state index contributed by atoms with van der Waals surface area (Å²) in [6, 6.07) is 6.85. The highest BCUT2D eigenvalue weighted by Gasteiger charge is 2.11. The molecule has 2 N–H and O–H groups in total. The molecule has 4 heteroatoms. The van der Waals surface area contributed by atoms with Crippen molar-refractivity contribution in [1.29, 1.82) is 0 Å². The number of primary amides is 1. The summed E-state index contributed by atoms with van der Waals surface area (Å²) in [6.07, 6.45) is 0. The van der Waals surface area contributed by atoms with Gasteiger partial charge in [-0.2, -0.15) is 0 Å². The maximum Gasteiger partial charge on any atom is 0.289 e. The molecule has 1 aromatic rings. The SMILES string of the molecule is CCSc1ccc(C(=O)C(N)=O)cc1. The molecule has 0 aliphatic carbocycles. The van der Waals surface area contributed by atoms with Crippen LogP contribution in [0.3, 0.4) is 0 Å². The maximum absolute atomic E-state index is 11.1. The summed E-state index contributed by atoms with van der Waals surface area (Å²) in [5.74, 6) is -0.581. The molecular weight excluding hydrogens is 198 g/mol. The van der Waals surface area contributed by atoms with Gasteiger partial charge in [0.1, 0.15) is 0 Å². The van der Waals surface area contributed by atoms with Crippen molar-refractivity contribution in [2.24, 2.45) is 5.73 Å². The van der Waals surface area contributed by atoms with Crippen LogP contribution < -0.4 is 5.73 Å². The molecule has 0 saturated heterocycles. The van der Waals surface area contributed by atoms with Gasteiger partial charge in [0.05, 0.1) is 0 Å². The van der Waals surface area contributed by atoms with Crippen molar-refractivity contribution in [2.75, 3.05) is 5.75 Å². The summed E-state index contributed by atoms with van der Waals surface area (Å²) in [4.78, 5) is 22.8. The van der Waals surface area contributed by atoms with E-state index in [-0.39, 0.29) is 0 Å². The molecule has 0 atom stereocenters. The lowest BCUT2D eigenvalue weighted by Crippen LogP contribution is -2.22. The fourth-order valence-corrected chi connectivity index (χ4v) is 1.67. The van der Waals surface area contributed by atoms with Crippen molar-refractivity contribution >= 4 is 23.5 Å². The van der Waals surface area contributed by atoms with Crippen LogP contribution >= 0.6 is 11.8 Å². The van der Waals surface area contributed by atoms with Gasteiger partial charge in [-0.25, -0.2) is 0 Å². The average Bonchev–Trinajstić information content (AvgIpc) is 2.18. The third kappa shape index (κ3) is 2.60. The van der Waals surface area contributed by atoms with Crippen LogP contribution in [0.5, 0.6) is 0 Å². The molecule has 1 aromatic carbocycles. The summed E-state index contributed by atoms with van der Waals surface area (Å²) in [5, 5.41) is 0. The molecule has 0 aliphatic rings. The first-order chi connectivity index (χ1) is 6.65. The van der Waals surface area contributed by atoms with E-state index in [0.29, 0.717) is 5.56 Å². The highest BCUT2D eigenvalue weighted by molar-refractivity contribution is 7.99. The van der Waals surface area contributed by atoms with Crippen molar-refractivity contribution in [2.45, 2.75) is 11.8 Å². The molecule has 1 rings (SSSR count). The molecule has 74 valence electrons. The minimum absolute atomic E-state index is 0.345. The molecule has 0 saturated carbocycles. The van der Waals surface area contributed by atoms with Crippen LogP contribution in [0, 0.1) is 0 Å². The number of carbonyl (C=O) groups is 2. The van der Waals surface area contributed by atoms with E-state index in [4.69, 9.17) is 5.73 Å². The lowest BCUT2D eigenvalue weighted by molar-refractivity contribution is -0.114. The molecule has 0 radical (unpaired) electrons. The summed E-state index contributed by atoms with van der Waals surface area (Å²) >= 11 is 1.68. The molecule has 0 bridgehead atoms. The lowest BCUT2D eigenvalue weighted by atomic mass is 10.1. The molecular formula is C10H11NO2S. The topological polar surface area (TPSA) is 60.2 Å². The smallest absolute Gasteiger partial charge is 0.289 e. The van der Waals surface area contributed by atoms with E-state index < -0.39 is 11.7 Å². The number of rotatable bonds is 4. The quantitative estimate of drug-likeness (QED) is 0.464. The van der Waals surface area contributed by atoms with Gasteiger partial charge in [-0.05, 0) is 30.0 Å². The number of benzene rings is 1. The van der Waals surface area contributed by atoms with E-state index in [0.717, 1.165) is 10.6 Å². The zero-order valence-electron chi connectivity index (χ0n) is 7.82. The van der Waals surface area contributed by atoms with Crippen molar-refractivity contribution in [1.82, 2.24) is 0 Å². The van der Waals surface area contributed by atoms with Gasteiger partial charge < -0.3 is 5.73 Å². The Kier molecular flexibility index (Phi) is 3.71. The minimum atomic E-state index is -0.916. The van der Waals surface area contributed by atoms with Crippen LogP contribution in [0.4, 0.5) is 0 Å². The Balaban J connectivity index is 2.83. The summed E-state index contributed by atoms with van der Waals surface area (Å²) < 4.78 is 0. The van der Waals surface area contributed by atoms with Gasteiger partial charge >= 0.3 is 0 Å². The van der Waals surface area contributed by atoms with Crippen molar-refractivity contribution in [3.05, 3.63) is 29.8 Å². The predicted octanol–water partition coefficient (Wildman–Crippen LogP) is 1.47. The highest BCUT2D eigenvalue weighted by Crippen LogP contribution is 2.17. The van der Waals surface area contributed by atoms with E-state index in [2.05, 4.69) is 0 Å². The summed E-state index contributed by atoms with van der Waals surface area (Å²) in [7, 11) is 0. The second-order valence-corrected chi connectivity index (χ2v) is 3.99. The molecule has 3 nitrogen and oxygen atoms in total. The van der Waals surface area contributed by atoms with Crippen LogP contribution in [0.2, 0.25) is 0 Å². The van der Waals surface area contributed by atoms with Gasteiger partial charge in [0.2, 0.25) is 5.78 Å². The van der Waals surface area contributed by atoms with Gasteiger partial charge in [-0.15, -0.1) is 11.8 Å². The first-order valence-corrected chi connectivity index (χ1v) is 5.20. The molecule has 0 spiro atoms. The minimum Gasteiger partial charge on any atom is -0.363 e. The van der Waals surface area contributed by atoms with Gasteiger partial charge in [-0.1, -0.05) is 6.92 Å². The predicted molar refractivity (Wildman–Crippen MR) is 56.4 cm³/mol. The molecule has 14 heavy (non-hydrogen) atoms. The zero-order valence-corrected chi connectivity index (χ0v) is 8.64. The fraction of sp³-hybridized carbons (Fsp3) is 0.200. The van der Waals surface area contributed by atoms with Gasteiger partial charge in [0.15, 0.2) is 0 Å². The number of thioether (sulfide) groups is 1. The fourth-order valence-electron chi connectivity index (χ4n) is 1.01. The van der Waals surface area contributed by atoms with Crippen LogP contribution in [-0.2, 0) is 4.79 Å². The Morgan fingerprint density at radius 1 is 1.29 bits per heavy atom. The van der Waals surface area contributed by atoms with Gasteiger partial charge in [0.25, 0.3) is 5.91 Å². The van der Waals surface area contributed by atoms with E-state index in [1.54, 1.807) is 23.9 Å². The third-order valence-corrected chi connectivity index (χ3v) is 2.55. The van der Waals surface area contributed by atoms with Crippen LogP contribution in [0.15, 0.2) is 29.2 Å². The van der Waals surface area contributed by atoms with E-state index >= 15 is 0 Å². The van der Waals surface area contributed by atoms with Crippen LogP contribution in [0.1, 0.15) is 17.3 Å². The van der Waals surface area contributed by atoms with Crippen LogP contribution in [0.25, 0.3) is 0 Å². The third-order valence-electron chi connectivity index (χ3n) is 1.65. The number of carbonyl (C=O) groups excluding carboxylic acids is 2. The summed E-state index contributed by atoms with van der Waals surface area (Å²) in [6.45, 7) is 2.05. The normalized spacial score (nSPS) is 9.79. The maximum atomic E-state index is 11.1. The molecule has 0 fully saturated rings. The lowest BCUT2D eigenvalue weighted by Gasteiger charge is -1.99. The Morgan fingerprint density at radius 2 is 1.86 bits per heavy atom. The van der Waals surface area contributed by atoms with Gasteiger partial charge in [-0.3, -0.25) is 9.59 Å². The van der Waals surface area contributed by atoms with Crippen molar-refractivity contribution in [3.63, 3.8) is 0 Å². The van der Waals surface area contributed by atoms with Crippen molar-refractivity contribution in [3.8, 4) is 0 Å². The second-order valence-electron chi connectivity index (χ2n) is 2.65. The molecule has 0 aromatic heterocycles. The van der Waals surface area contributed by atoms with E-state index in [1.807, 2.05) is 19.1 Å². The number of amides is 1. The van der Waals surface area contributed by atoms with Gasteiger partial charge in [0, 0.05) is 10.5 Å². The van der Waals surface area contributed by atoms with E-state index in [1.165, 1.54) is 0 Å². The zero-order chi connectivity index (χ0) is 10.6. The Hall–Kier alpha value is -1.29. The number of hydrogen-bond donors (Lipinski definition) is 1. The number of ketones is 1. The number of Topliss-reactive ketones (excluding diaryl/α,β-unsaturated/α-hetero) is 1. The number of nitrogens with two attached hydrogens (primary N) is 1. The summed E-state index contributed by atoms with van der Waals surface area (Å²) in [5.41, 5.74) is 5.22. The molecule has 0 aliphatic heterocycles. The largest absolute Gasteiger partial charge is 0.363 e. The average molecular weight is 209 g/mol. The first kappa shape index (κ1) is 10.8.